The molecule has 0 unspecified atom stereocenters. The summed E-state index contributed by atoms with van der Waals surface area (Å²) in [6, 6.07) is 31.5. The number of hydrogen-bond donors (Lipinski definition) is 0. The first-order chi connectivity index (χ1) is 10.9. The van der Waals surface area contributed by atoms with Gasteiger partial charge in [-0.1, -0.05) is 72.8 Å². The van der Waals surface area contributed by atoms with Crippen molar-refractivity contribution in [3.05, 3.63) is 84.9 Å². The molecule has 0 nitrogen and oxygen atoms in total. The lowest BCUT2D eigenvalue weighted by Crippen LogP contribution is -1.87. The van der Waals surface area contributed by atoms with Crippen molar-refractivity contribution in [3.8, 4) is 11.1 Å². The number of benzene rings is 5. The maximum absolute atomic E-state index is 3.38. The summed E-state index contributed by atoms with van der Waals surface area (Å²) in [5, 5.41) is 7.96. The molecule has 0 aliphatic rings. The monoisotopic (exact) mass is 277 g/mol. The lowest BCUT2D eigenvalue weighted by molar-refractivity contribution is 1.66. The molecule has 22 heavy (non-hydrogen) atoms. The van der Waals surface area contributed by atoms with Crippen LogP contribution in [0.1, 0.15) is 0 Å². The zero-order valence-electron chi connectivity index (χ0n) is 12.0. The van der Waals surface area contributed by atoms with Crippen LogP contribution in [-0.2, 0) is 0 Å². The fourth-order valence-electron chi connectivity index (χ4n) is 3.55. The van der Waals surface area contributed by atoms with Crippen LogP contribution in [0.4, 0.5) is 0 Å². The smallest absolute Gasteiger partial charge is 0.00206 e. The van der Waals surface area contributed by atoms with Crippen molar-refractivity contribution in [3.63, 3.8) is 0 Å². The molecule has 0 fully saturated rings. The van der Waals surface area contributed by atoms with E-state index in [9.17, 15) is 0 Å². The molecule has 0 aliphatic carbocycles. The second-order valence-corrected chi connectivity index (χ2v) is 5.75. The quantitative estimate of drug-likeness (QED) is 0.327. The maximum atomic E-state index is 3.38. The highest BCUT2D eigenvalue weighted by Gasteiger charge is 2.12. The second kappa shape index (κ2) is 4.32. The van der Waals surface area contributed by atoms with Crippen LogP contribution >= 0.6 is 0 Å². The third-order valence-electron chi connectivity index (χ3n) is 4.51. The van der Waals surface area contributed by atoms with E-state index in [2.05, 4.69) is 72.8 Å². The third-order valence-corrected chi connectivity index (χ3v) is 4.51. The molecule has 0 aromatic heterocycles. The van der Waals surface area contributed by atoms with E-state index in [1.54, 1.807) is 0 Å². The molecular formula is C22H13. The Balaban J connectivity index is 2.07. The van der Waals surface area contributed by atoms with Gasteiger partial charge in [0.15, 0.2) is 0 Å². The summed E-state index contributed by atoms with van der Waals surface area (Å²) in [7, 11) is 0. The molecule has 0 amide bonds. The summed E-state index contributed by atoms with van der Waals surface area (Å²) in [6.07, 6.45) is 0. The summed E-state index contributed by atoms with van der Waals surface area (Å²) in [4.78, 5) is 0. The molecule has 0 bridgehead atoms. The Kier molecular flexibility index (Phi) is 2.31. The second-order valence-electron chi connectivity index (χ2n) is 5.75. The highest BCUT2D eigenvalue weighted by atomic mass is 14.1. The van der Waals surface area contributed by atoms with Crippen molar-refractivity contribution in [2.75, 3.05) is 0 Å². The molecule has 0 atom stereocenters. The van der Waals surface area contributed by atoms with Gasteiger partial charge in [-0.25, -0.2) is 0 Å². The fourth-order valence-corrected chi connectivity index (χ4v) is 3.55. The van der Waals surface area contributed by atoms with Crippen LogP contribution in [0, 0.1) is 6.07 Å². The fraction of sp³-hybridized carbons (Fsp3) is 0. The molecule has 0 N–H and O–H groups in total. The van der Waals surface area contributed by atoms with Crippen LogP contribution in [0.5, 0.6) is 0 Å². The summed E-state index contributed by atoms with van der Waals surface area (Å²) in [5.74, 6) is 0. The van der Waals surface area contributed by atoms with Gasteiger partial charge in [-0.2, -0.15) is 0 Å². The molecule has 101 valence electrons. The number of hydrogen-bond acceptors (Lipinski definition) is 0. The van der Waals surface area contributed by atoms with Gasteiger partial charge in [0.2, 0.25) is 0 Å². The maximum Gasteiger partial charge on any atom is -0.00206 e. The van der Waals surface area contributed by atoms with Gasteiger partial charge in [0.1, 0.15) is 0 Å². The van der Waals surface area contributed by atoms with Crippen molar-refractivity contribution >= 4 is 32.3 Å². The number of rotatable bonds is 1. The highest BCUT2D eigenvalue weighted by molar-refractivity contribution is 6.26. The molecule has 5 rings (SSSR count). The summed E-state index contributed by atoms with van der Waals surface area (Å²) in [6.45, 7) is 0. The van der Waals surface area contributed by atoms with Crippen LogP contribution in [0.3, 0.4) is 0 Å². The minimum absolute atomic E-state index is 1.15. The van der Waals surface area contributed by atoms with Gasteiger partial charge >= 0.3 is 0 Å². The minimum atomic E-state index is 1.15. The Bertz CT molecular complexity index is 1100. The highest BCUT2D eigenvalue weighted by Crippen LogP contribution is 2.39. The molecular weight excluding hydrogens is 264 g/mol. The Labute approximate surface area is 129 Å². The lowest BCUT2D eigenvalue weighted by Gasteiger charge is -2.14. The van der Waals surface area contributed by atoms with E-state index in [-0.39, 0.29) is 0 Å². The Morgan fingerprint density at radius 2 is 1.36 bits per heavy atom. The third kappa shape index (κ3) is 1.52. The normalized spacial score (nSPS) is 11.6. The van der Waals surface area contributed by atoms with Gasteiger partial charge in [0.05, 0.1) is 0 Å². The SMILES string of the molecule is [c]1ccccc1-c1cc2cccc3ccc4cccc1c4c32. The average Bonchev–Trinajstić information content (AvgIpc) is 2.60. The van der Waals surface area contributed by atoms with Crippen LogP contribution in [0.2, 0.25) is 0 Å². The van der Waals surface area contributed by atoms with E-state index < -0.39 is 0 Å². The van der Waals surface area contributed by atoms with E-state index in [0.717, 1.165) is 5.56 Å². The Morgan fingerprint density at radius 1 is 0.591 bits per heavy atom. The zero-order valence-corrected chi connectivity index (χ0v) is 12.0. The van der Waals surface area contributed by atoms with Gasteiger partial charge in [-0.15, -0.1) is 0 Å². The van der Waals surface area contributed by atoms with E-state index in [0.29, 0.717) is 0 Å². The topological polar surface area (TPSA) is 0 Å². The standard InChI is InChI=1S/C22H13/c1-2-6-15(7-3-1)20-14-18-10-4-8-16-12-13-17-9-5-11-19(20)22(17)21(16)18/h1-6,8-14H. The van der Waals surface area contributed by atoms with Gasteiger partial charge in [0.25, 0.3) is 0 Å². The van der Waals surface area contributed by atoms with Crippen LogP contribution in [0.25, 0.3) is 43.4 Å². The minimum Gasteiger partial charge on any atom is -0.0616 e. The molecule has 0 heterocycles. The first kappa shape index (κ1) is 11.8. The van der Waals surface area contributed by atoms with E-state index in [1.807, 2.05) is 12.1 Å². The van der Waals surface area contributed by atoms with Crippen molar-refractivity contribution < 1.29 is 0 Å². The predicted octanol–water partition coefficient (Wildman–Crippen LogP) is 6.05. The van der Waals surface area contributed by atoms with Crippen molar-refractivity contribution in [1.82, 2.24) is 0 Å². The molecule has 0 saturated carbocycles. The van der Waals surface area contributed by atoms with Crippen LogP contribution in [0.15, 0.2) is 78.9 Å². The van der Waals surface area contributed by atoms with E-state index >= 15 is 0 Å². The molecule has 0 saturated heterocycles. The van der Waals surface area contributed by atoms with Crippen LogP contribution in [-0.4, -0.2) is 0 Å². The Hall–Kier alpha value is -2.86. The molecule has 0 spiro atoms. The zero-order chi connectivity index (χ0) is 14.5. The van der Waals surface area contributed by atoms with Gasteiger partial charge < -0.3 is 0 Å². The molecule has 5 aromatic rings. The molecule has 1 radical (unpaired) electrons. The lowest BCUT2D eigenvalue weighted by atomic mass is 9.89. The average molecular weight is 277 g/mol. The van der Waals surface area contributed by atoms with Gasteiger partial charge in [-0.05, 0) is 55.6 Å². The molecule has 5 aromatic carbocycles. The van der Waals surface area contributed by atoms with Crippen molar-refractivity contribution in [1.29, 1.82) is 0 Å². The van der Waals surface area contributed by atoms with E-state index in [1.165, 1.54) is 37.9 Å². The molecule has 0 heteroatoms. The summed E-state index contributed by atoms with van der Waals surface area (Å²) < 4.78 is 0. The first-order valence-electron chi connectivity index (χ1n) is 7.55. The summed E-state index contributed by atoms with van der Waals surface area (Å²) >= 11 is 0. The van der Waals surface area contributed by atoms with Crippen molar-refractivity contribution in [2.45, 2.75) is 0 Å². The predicted molar refractivity (Wildman–Crippen MR) is 94.4 cm³/mol. The largest absolute Gasteiger partial charge is 0.0616 e. The van der Waals surface area contributed by atoms with Gasteiger partial charge in [-0.3, -0.25) is 0 Å². The van der Waals surface area contributed by atoms with E-state index in [4.69, 9.17) is 0 Å². The molecule has 0 aliphatic heterocycles. The first-order valence-corrected chi connectivity index (χ1v) is 7.55. The van der Waals surface area contributed by atoms with Crippen LogP contribution < -0.4 is 0 Å². The van der Waals surface area contributed by atoms with Gasteiger partial charge in [0, 0.05) is 0 Å². The Morgan fingerprint density at radius 3 is 2.18 bits per heavy atom. The summed E-state index contributed by atoms with van der Waals surface area (Å²) in [5.41, 5.74) is 2.42. The van der Waals surface area contributed by atoms with Crippen molar-refractivity contribution in [2.24, 2.45) is 0 Å².